The molecule has 2 aromatic rings. The van der Waals surface area contributed by atoms with Crippen molar-refractivity contribution in [3.63, 3.8) is 0 Å². The number of amides is 2. The summed E-state index contributed by atoms with van der Waals surface area (Å²) in [5, 5.41) is 12.7. The molecule has 1 fully saturated rings. The highest BCUT2D eigenvalue weighted by Crippen LogP contribution is 2.49. The Balaban J connectivity index is 1.58. The number of carbonyl (C=O) groups excluding carboxylic acids is 2. The van der Waals surface area contributed by atoms with Crippen LogP contribution in [-0.2, 0) is 20.4 Å². The maximum absolute atomic E-state index is 12.8. The molecule has 0 saturated carbocycles. The number of aromatic hydroxyl groups is 1. The maximum atomic E-state index is 12.8. The molecule has 1 atom stereocenters. The van der Waals surface area contributed by atoms with Gasteiger partial charge in [-0.05, 0) is 64.8 Å². The van der Waals surface area contributed by atoms with Crippen LogP contribution in [0.4, 0.5) is 11.4 Å². The van der Waals surface area contributed by atoms with E-state index >= 15 is 0 Å². The number of phenols is 1. The van der Waals surface area contributed by atoms with E-state index < -0.39 is 6.04 Å². The van der Waals surface area contributed by atoms with Crippen LogP contribution in [0.2, 0.25) is 0 Å². The van der Waals surface area contributed by atoms with Crippen LogP contribution >= 0.6 is 0 Å². The summed E-state index contributed by atoms with van der Waals surface area (Å²) in [6, 6.07) is 11.8. The maximum Gasteiger partial charge on any atom is 0.256 e. The van der Waals surface area contributed by atoms with Gasteiger partial charge in [-0.3, -0.25) is 9.59 Å². The molecule has 0 spiro atoms. The first kappa shape index (κ1) is 18.5. The van der Waals surface area contributed by atoms with Crippen molar-refractivity contribution in [2.75, 3.05) is 10.2 Å². The van der Waals surface area contributed by atoms with Gasteiger partial charge in [0.1, 0.15) is 11.8 Å². The predicted molar refractivity (Wildman–Crippen MR) is 110 cm³/mol. The lowest BCUT2D eigenvalue weighted by molar-refractivity contribution is -0.121. The van der Waals surface area contributed by atoms with E-state index in [2.05, 4.69) is 45.1 Å². The zero-order valence-corrected chi connectivity index (χ0v) is 16.7. The van der Waals surface area contributed by atoms with Crippen LogP contribution in [0.25, 0.3) is 0 Å². The fourth-order valence-electron chi connectivity index (χ4n) is 4.90. The Morgan fingerprint density at radius 1 is 0.964 bits per heavy atom. The van der Waals surface area contributed by atoms with Gasteiger partial charge >= 0.3 is 0 Å². The van der Waals surface area contributed by atoms with Crippen molar-refractivity contribution in [1.29, 1.82) is 0 Å². The second kappa shape index (κ2) is 6.09. The summed E-state index contributed by atoms with van der Waals surface area (Å²) < 4.78 is 0. The number of phenolic OH excluding ortho intramolecular Hbond substituents is 1. The monoisotopic (exact) mass is 378 g/mol. The molecule has 1 aliphatic heterocycles. The molecular weight excluding hydrogens is 352 g/mol. The molecule has 2 N–H and O–H groups in total. The number of hydrogen-bond donors (Lipinski definition) is 2. The Kier molecular flexibility index (Phi) is 4.03. The molecule has 0 radical (unpaired) electrons. The van der Waals surface area contributed by atoms with Gasteiger partial charge in [-0.2, -0.15) is 0 Å². The highest BCUT2D eigenvalue weighted by molar-refractivity contribution is 6.23. The summed E-state index contributed by atoms with van der Waals surface area (Å²) in [7, 11) is 0. The normalized spacial score (nSPS) is 22.4. The number of hydrogen-bond acceptors (Lipinski definition) is 4. The summed E-state index contributed by atoms with van der Waals surface area (Å²) in [4.78, 5) is 26.5. The van der Waals surface area contributed by atoms with Gasteiger partial charge < -0.3 is 10.4 Å². The number of carbonyl (C=O) groups is 2. The molecule has 2 aromatic carbocycles. The fraction of sp³-hybridized carbons (Fsp3) is 0.391. The second-order valence-corrected chi connectivity index (χ2v) is 9.19. The van der Waals surface area contributed by atoms with Crippen molar-refractivity contribution in [2.24, 2.45) is 0 Å². The summed E-state index contributed by atoms with van der Waals surface area (Å²) in [6.07, 6.45) is 1.19. The minimum Gasteiger partial charge on any atom is -0.508 e. The summed E-state index contributed by atoms with van der Waals surface area (Å²) in [5.74, 6) is -0.409. The first-order chi connectivity index (χ1) is 13.1. The van der Waals surface area contributed by atoms with Gasteiger partial charge in [0.05, 0.1) is 12.1 Å². The molecule has 2 aliphatic rings. The van der Waals surface area contributed by atoms with Gasteiger partial charge in [-0.25, -0.2) is 4.90 Å². The number of rotatable bonds is 3. The van der Waals surface area contributed by atoms with Crippen LogP contribution in [0.3, 0.4) is 0 Å². The summed E-state index contributed by atoms with van der Waals surface area (Å²) in [5.41, 5.74) is 4.20. The molecule has 0 aromatic heterocycles. The smallest absolute Gasteiger partial charge is 0.256 e. The van der Waals surface area contributed by atoms with Gasteiger partial charge in [-0.1, -0.05) is 33.8 Å². The van der Waals surface area contributed by atoms with Crippen molar-refractivity contribution in [1.82, 2.24) is 0 Å². The third-order valence-corrected chi connectivity index (χ3v) is 5.96. The second-order valence-electron chi connectivity index (χ2n) is 9.19. The van der Waals surface area contributed by atoms with Crippen LogP contribution in [-0.4, -0.2) is 23.0 Å². The highest BCUT2D eigenvalue weighted by atomic mass is 16.3. The number of nitrogens with zero attached hydrogens (tertiary/aromatic N) is 1. The molecule has 5 heteroatoms. The van der Waals surface area contributed by atoms with Crippen LogP contribution in [0.15, 0.2) is 42.5 Å². The Morgan fingerprint density at radius 3 is 2.29 bits per heavy atom. The number of benzene rings is 2. The molecule has 4 rings (SSSR count). The van der Waals surface area contributed by atoms with Crippen LogP contribution in [0, 0.1) is 0 Å². The van der Waals surface area contributed by atoms with Gasteiger partial charge in [0.25, 0.3) is 5.91 Å². The molecule has 1 aliphatic carbocycles. The Labute approximate surface area is 165 Å². The molecule has 1 saturated heterocycles. The fourth-order valence-corrected chi connectivity index (χ4v) is 4.90. The van der Waals surface area contributed by atoms with Crippen LogP contribution in [0.5, 0.6) is 5.75 Å². The van der Waals surface area contributed by atoms with Crippen molar-refractivity contribution in [3.05, 3.63) is 53.6 Å². The molecule has 1 heterocycles. The predicted octanol–water partition coefficient (Wildman–Crippen LogP) is 4.10. The molecule has 5 nitrogen and oxygen atoms in total. The molecule has 2 amide bonds. The number of fused-ring (bicyclic) bond motifs is 1. The molecular formula is C23H26N2O3. The molecule has 28 heavy (non-hydrogen) atoms. The van der Waals surface area contributed by atoms with Crippen LogP contribution in [0.1, 0.15) is 51.7 Å². The van der Waals surface area contributed by atoms with E-state index in [9.17, 15) is 14.7 Å². The quantitative estimate of drug-likeness (QED) is 0.789. The van der Waals surface area contributed by atoms with E-state index in [1.54, 1.807) is 12.1 Å². The largest absolute Gasteiger partial charge is 0.508 e. The molecule has 0 bridgehead atoms. The average molecular weight is 378 g/mol. The number of anilines is 2. The first-order valence-electron chi connectivity index (χ1n) is 9.66. The third-order valence-electron chi connectivity index (χ3n) is 5.96. The Hall–Kier alpha value is -2.82. The molecule has 146 valence electrons. The summed E-state index contributed by atoms with van der Waals surface area (Å²) >= 11 is 0. The standard InChI is InChI=1S/C23H26N2O3/c1-22(2)13-23(3,4)18-11-14(5-10-17(18)22)24-19-12-20(27)25(21(19)28)15-6-8-16(26)9-7-15/h5-11,19,24,26H,12-13H2,1-4H3. The van der Waals surface area contributed by atoms with E-state index in [1.807, 2.05) is 6.07 Å². The van der Waals surface area contributed by atoms with Gasteiger partial charge in [0, 0.05) is 5.69 Å². The van der Waals surface area contributed by atoms with E-state index in [-0.39, 0.29) is 34.8 Å². The molecule has 1 unspecified atom stereocenters. The van der Waals surface area contributed by atoms with Gasteiger partial charge in [-0.15, -0.1) is 0 Å². The van der Waals surface area contributed by atoms with E-state index in [0.717, 1.165) is 12.1 Å². The number of nitrogens with one attached hydrogen (secondary N) is 1. The Bertz CT molecular complexity index is 960. The topological polar surface area (TPSA) is 69.6 Å². The zero-order valence-electron chi connectivity index (χ0n) is 16.7. The van der Waals surface area contributed by atoms with Crippen molar-refractivity contribution in [2.45, 2.75) is 57.4 Å². The zero-order chi connectivity index (χ0) is 20.3. The van der Waals surface area contributed by atoms with Crippen molar-refractivity contribution >= 4 is 23.2 Å². The lowest BCUT2D eigenvalue weighted by Gasteiger charge is -2.22. The van der Waals surface area contributed by atoms with E-state index in [4.69, 9.17) is 0 Å². The van der Waals surface area contributed by atoms with E-state index in [1.165, 1.54) is 28.2 Å². The van der Waals surface area contributed by atoms with Gasteiger partial charge in [0.2, 0.25) is 5.91 Å². The van der Waals surface area contributed by atoms with Gasteiger partial charge in [0.15, 0.2) is 0 Å². The minimum absolute atomic E-state index is 0.0735. The number of imide groups is 1. The van der Waals surface area contributed by atoms with Crippen molar-refractivity contribution < 1.29 is 14.7 Å². The van der Waals surface area contributed by atoms with Crippen molar-refractivity contribution in [3.8, 4) is 5.75 Å². The summed E-state index contributed by atoms with van der Waals surface area (Å²) in [6.45, 7) is 9.03. The lowest BCUT2D eigenvalue weighted by Crippen LogP contribution is -2.34. The average Bonchev–Trinajstić information content (AvgIpc) is 2.98. The Morgan fingerprint density at radius 2 is 1.61 bits per heavy atom. The SMILES string of the molecule is CC1(C)CC(C)(C)c2cc(NC3CC(=O)N(c4ccc(O)cc4)C3=O)ccc21. The third kappa shape index (κ3) is 2.95. The minimum atomic E-state index is -0.586. The first-order valence-corrected chi connectivity index (χ1v) is 9.66. The van der Waals surface area contributed by atoms with Crippen LogP contribution < -0.4 is 10.2 Å². The lowest BCUT2D eigenvalue weighted by atomic mass is 9.82. The van der Waals surface area contributed by atoms with E-state index in [0.29, 0.717) is 5.69 Å². The highest BCUT2D eigenvalue weighted by Gasteiger charge is 2.43.